The highest BCUT2D eigenvalue weighted by molar-refractivity contribution is 5.31. The van der Waals surface area contributed by atoms with Gasteiger partial charge in [0.1, 0.15) is 6.10 Å². The molecule has 146 valence electrons. The molecule has 3 heteroatoms. The molecule has 0 spiro atoms. The number of ether oxygens (including phenoxy) is 1. The van der Waals surface area contributed by atoms with E-state index in [4.69, 9.17) is 4.74 Å². The van der Waals surface area contributed by atoms with E-state index in [9.17, 15) is 5.11 Å². The molecule has 1 fully saturated rings. The van der Waals surface area contributed by atoms with Crippen LogP contribution in [-0.4, -0.2) is 30.4 Å². The first kappa shape index (κ1) is 20.1. The Bertz CT molecular complexity index is 671. The van der Waals surface area contributed by atoms with Crippen LogP contribution >= 0.6 is 0 Å². The van der Waals surface area contributed by atoms with E-state index in [1.165, 1.54) is 31.2 Å². The molecule has 2 N–H and O–H groups in total. The van der Waals surface area contributed by atoms with Crippen LogP contribution in [0.2, 0.25) is 0 Å². The van der Waals surface area contributed by atoms with Crippen LogP contribution in [0.1, 0.15) is 55.4 Å². The molecule has 3 nitrogen and oxygen atoms in total. The van der Waals surface area contributed by atoms with E-state index in [2.05, 4.69) is 55.6 Å². The normalized spacial score (nSPS) is 22.3. The van der Waals surface area contributed by atoms with Crippen LogP contribution in [0.3, 0.4) is 0 Å². The molecule has 0 saturated heterocycles. The monoisotopic (exact) mass is 367 g/mol. The van der Waals surface area contributed by atoms with Crippen LogP contribution in [0.5, 0.6) is 0 Å². The summed E-state index contributed by atoms with van der Waals surface area (Å²) in [5, 5.41) is 14.0. The van der Waals surface area contributed by atoms with Crippen molar-refractivity contribution < 1.29 is 9.84 Å². The first-order chi connectivity index (χ1) is 13.1. The molecular weight excluding hydrogens is 334 g/mol. The number of aliphatic hydroxyl groups excluding tert-OH is 1. The van der Waals surface area contributed by atoms with E-state index in [0.29, 0.717) is 25.1 Å². The van der Waals surface area contributed by atoms with Gasteiger partial charge in [-0.05, 0) is 36.8 Å². The summed E-state index contributed by atoms with van der Waals surface area (Å²) in [7, 11) is 0. The van der Waals surface area contributed by atoms with Gasteiger partial charge in [-0.25, -0.2) is 0 Å². The summed E-state index contributed by atoms with van der Waals surface area (Å²) in [6.45, 7) is 5.30. The van der Waals surface area contributed by atoms with Gasteiger partial charge in [-0.3, -0.25) is 0 Å². The molecular formula is C24H33NO2. The maximum atomic E-state index is 10.5. The van der Waals surface area contributed by atoms with Crippen molar-refractivity contribution in [2.24, 2.45) is 5.92 Å². The van der Waals surface area contributed by atoms with E-state index < -0.39 is 6.10 Å². The number of nitrogens with one attached hydrogen (secondary N) is 1. The molecule has 0 aromatic heterocycles. The van der Waals surface area contributed by atoms with Crippen molar-refractivity contribution in [3.8, 4) is 0 Å². The number of aliphatic hydroxyl groups is 1. The fourth-order valence-electron chi connectivity index (χ4n) is 3.93. The topological polar surface area (TPSA) is 41.5 Å². The molecule has 0 unspecified atom stereocenters. The van der Waals surface area contributed by atoms with Crippen LogP contribution in [0.15, 0.2) is 54.6 Å². The minimum absolute atomic E-state index is 0.157. The summed E-state index contributed by atoms with van der Waals surface area (Å²) in [5.74, 6) is 0.691. The summed E-state index contributed by atoms with van der Waals surface area (Å²) in [5.41, 5.74) is 3.46. The summed E-state index contributed by atoms with van der Waals surface area (Å²) in [4.78, 5) is 0. The Labute approximate surface area is 163 Å². The molecule has 1 saturated carbocycles. The first-order valence-corrected chi connectivity index (χ1v) is 10.3. The van der Waals surface area contributed by atoms with Crippen molar-refractivity contribution in [1.82, 2.24) is 5.32 Å². The van der Waals surface area contributed by atoms with Crippen LogP contribution in [-0.2, 0) is 4.74 Å². The van der Waals surface area contributed by atoms with Gasteiger partial charge in [0.05, 0.1) is 12.7 Å². The van der Waals surface area contributed by atoms with Gasteiger partial charge in [0.2, 0.25) is 0 Å². The predicted octanol–water partition coefficient (Wildman–Crippen LogP) is 4.63. The average Bonchev–Trinajstić information content (AvgIpc) is 2.69. The summed E-state index contributed by atoms with van der Waals surface area (Å²) in [6.07, 6.45) is 4.46. The van der Waals surface area contributed by atoms with Crippen molar-refractivity contribution >= 4 is 0 Å². The fourth-order valence-corrected chi connectivity index (χ4v) is 3.93. The Morgan fingerprint density at radius 2 is 1.67 bits per heavy atom. The minimum atomic E-state index is -0.504. The molecule has 0 amide bonds. The Balaban J connectivity index is 1.58. The van der Waals surface area contributed by atoms with E-state index in [1.54, 1.807) is 0 Å². The molecule has 0 radical (unpaired) electrons. The zero-order chi connectivity index (χ0) is 19.1. The van der Waals surface area contributed by atoms with Gasteiger partial charge in [0, 0.05) is 12.6 Å². The maximum absolute atomic E-state index is 10.5. The van der Waals surface area contributed by atoms with Gasteiger partial charge in [0.25, 0.3) is 0 Å². The van der Waals surface area contributed by atoms with E-state index >= 15 is 0 Å². The van der Waals surface area contributed by atoms with Crippen LogP contribution in [0.4, 0.5) is 0 Å². The third kappa shape index (κ3) is 5.90. The highest BCUT2D eigenvalue weighted by Gasteiger charge is 2.22. The van der Waals surface area contributed by atoms with Gasteiger partial charge in [-0.15, -0.1) is 0 Å². The summed E-state index contributed by atoms with van der Waals surface area (Å²) >= 11 is 0. The Morgan fingerprint density at radius 1 is 1.00 bits per heavy atom. The molecule has 3 rings (SSSR count). The number of benzene rings is 2. The van der Waals surface area contributed by atoms with Crippen molar-refractivity contribution in [2.45, 2.75) is 57.8 Å². The number of hydrogen-bond donors (Lipinski definition) is 2. The number of aryl methyl sites for hydroxylation is 1. The summed E-state index contributed by atoms with van der Waals surface area (Å²) < 4.78 is 6.19. The molecule has 1 aliphatic rings. The first-order valence-electron chi connectivity index (χ1n) is 10.3. The van der Waals surface area contributed by atoms with Gasteiger partial charge in [0.15, 0.2) is 0 Å². The molecule has 0 heterocycles. The quantitative estimate of drug-likeness (QED) is 0.715. The molecule has 0 bridgehead atoms. The number of rotatable bonds is 8. The van der Waals surface area contributed by atoms with E-state index in [0.717, 1.165) is 11.1 Å². The predicted molar refractivity (Wildman–Crippen MR) is 111 cm³/mol. The second-order valence-corrected chi connectivity index (χ2v) is 7.97. The molecule has 0 aliphatic heterocycles. The van der Waals surface area contributed by atoms with Gasteiger partial charge < -0.3 is 15.2 Å². The third-order valence-corrected chi connectivity index (χ3v) is 5.66. The lowest BCUT2D eigenvalue weighted by Crippen LogP contribution is -2.42. The summed E-state index contributed by atoms with van der Waals surface area (Å²) in [6, 6.07) is 19.2. The molecule has 1 aliphatic carbocycles. The van der Waals surface area contributed by atoms with Gasteiger partial charge in [-0.1, -0.05) is 79.9 Å². The van der Waals surface area contributed by atoms with Crippen LogP contribution < -0.4 is 5.32 Å². The lowest BCUT2D eigenvalue weighted by atomic mass is 9.86. The standard InChI is InChI=1S/C24H33NO2/c1-18-12-14-21(15-13-18)24(20-9-4-3-5-10-20)27-17-22(26)16-25-23-11-7-6-8-19(23)2/h3-5,9-10,12-15,19,22-26H,6-8,11,16-17H2,1-2H3/t19-,22+,23+,24-/m0/s1. The lowest BCUT2D eigenvalue weighted by molar-refractivity contribution is 0.00447. The molecule has 4 atom stereocenters. The largest absolute Gasteiger partial charge is 0.389 e. The lowest BCUT2D eigenvalue weighted by Gasteiger charge is -2.30. The Kier molecular flexibility index (Phi) is 7.45. The smallest absolute Gasteiger partial charge is 0.108 e. The molecule has 27 heavy (non-hydrogen) atoms. The maximum Gasteiger partial charge on any atom is 0.108 e. The highest BCUT2D eigenvalue weighted by Crippen LogP contribution is 2.27. The van der Waals surface area contributed by atoms with Crippen molar-refractivity contribution in [3.05, 3.63) is 71.3 Å². The van der Waals surface area contributed by atoms with Crippen LogP contribution in [0, 0.1) is 12.8 Å². The third-order valence-electron chi connectivity index (χ3n) is 5.66. The van der Waals surface area contributed by atoms with E-state index in [1.807, 2.05) is 18.2 Å². The zero-order valence-corrected chi connectivity index (χ0v) is 16.6. The molecule has 2 aromatic rings. The minimum Gasteiger partial charge on any atom is -0.389 e. The Hall–Kier alpha value is -1.68. The van der Waals surface area contributed by atoms with Crippen molar-refractivity contribution in [2.75, 3.05) is 13.2 Å². The SMILES string of the molecule is Cc1ccc([C@@H](OC[C@H](O)CN[C@@H]2CCCC[C@@H]2C)c2ccccc2)cc1. The number of hydrogen-bond acceptors (Lipinski definition) is 3. The average molecular weight is 368 g/mol. The fraction of sp³-hybridized carbons (Fsp3) is 0.500. The highest BCUT2D eigenvalue weighted by atomic mass is 16.5. The van der Waals surface area contributed by atoms with Gasteiger partial charge in [-0.2, -0.15) is 0 Å². The van der Waals surface area contributed by atoms with Crippen LogP contribution in [0.25, 0.3) is 0 Å². The van der Waals surface area contributed by atoms with Crippen molar-refractivity contribution in [1.29, 1.82) is 0 Å². The van der Waals surface area contributed by atoms with E-state index in [-0.39, 0.29) is 6.10 Å². The van der Waals surface area contributed by atoms with Crippen molar-refractivity contribution in [3.63, 3.8) is 0 Å². The van der Waals surface area contributed by atoms with Gasteiger partial charge >= 0.3 is 0 Å². The Morgan fingerprint density at radius 3 is 2.37 bits per heavy atom. The second-order valence-electron chi connectivity index (χ2n) is 7.97. The zero-order valence-electron chi connectivity index (χ0n) is 16.6. The second kappa shape index (κ2) is 10.0. The molecule has 2 aromatic carbocycles.